The number of hydrogen-bond acceptors (Lipinski definition) is 4. The van der Waals surface area contributed by atoms with Crippen LogP contribution in [0.25, 0.3) is 0 Å². The quantitative estimate of drug-likeness (QED) is 0.700. The molecular weight excluding hydrogens is 428 g/mol. The number of fused-ring (bicyclic) bond motifs is 1. The number of halogens is 2. The first kappa shape index (κ1) is 22.4. The molecule has 1 aromatic carbocycles. The van der Waals surface area contributed by atoms with Crippen LogP contribution < -0.4 is 5.32 Å². The lowest BCUT2D eigenvalue weighted by atomic mass is 9.85. The van der Waals surface area contributed by atoms with Crippen LogP contribution in [0.4, 0.5) is 8.78 Å². The lowest BCUT2D eigenvalue weighted by molar-refractivity contribution is -0.136. The molecule has 1 aliphatic carbocycles. The zero-order chi connectivity index (χ0) is 23.1. The predicted octanol–water partition coefficient (Wildman–Crippen LogP) is 3.49. The number of piperidine rings is 2. The summed E-state index contributed by atoms with van der Waals surface area (Å²) in [7, 11) is 0. The molecule has 1 aromatic rings. The summed E-state index contributed by atoms with van der Waals surface area (Å²) in [6.07, 6.45) is 8.23. The topological polar surface area (TPSA) is 69.7 Å². The molecule has 3 heterocycles. The third kappa shape index (κ3) is 4.29. The highest BCUT2D eigenvalue weighted by Crippen LogP contribution is 2.38. The van der Waals surface area contributed by atoms with Gasteiger partial charge < -0.3 is 9.80 Å². The highest BCUT2D eigenvalue weighted by atomic mass is 19.1. The molecule has 1 N–H and O–H groups in total. The van der Waals surface area contributed by atoms with Crippen LogP contribution in [0, 0.1) is 17.6 Å². The molecule has 0 aromatic heterocycles. The number of carbonyl (C=O) groups excluding carboxylic acids is 3. The summed E-state index contributed by atoms with van der Waals surface area (Å²) in [5.74, 6) is -2.26. The van der Waals surface area contributed by atoms with Crippen molar-refractivity contribution in [1.29, 1.82) is 0 Å². The van der Waals surface area contributed by atoms with Gasteiger partial charge in [0.1, 0.15) is 17.7 Å². The second kappa shape index (κ2) is 9.12. The molecule has 6 nitrogen and oxygen atoms in total. The highest BCUT2D eigenvalue weighted by molar-refractivity contribution is 6.05. The van der Waals surface area contributed by atoms with Crippen LogP contribution >= 0.6 is 0 Å². The molecule has 0 bridgehead atoms. The molecule has 0 spiro atoms. The van der Waals surface area contributed by atoms with E-state index in [4.69, 9.17) is 0 Å². The van der Waals surface area contributed by atoms with Crippen LogP contribution in [0.15, 0.2) is 6.07 Å². The summed E-state index contributed by atoms with van der Waals surface area (Å²) in [6, 6.07) is 0.313. The van der Waals surface area contributed by atoms with Crippen LogP contribution in [0.2, 0.25) is 0 Å². The van der Waals surface area contributed by atoms with E-state index in [0.29, 0.717) is 12.8 Å². The first-order chi connectivity index (χ1) is 15.9. The maximum atomic E-state index is 15.6. The van der Waals surface area contributed by atoms with Crippen molar-refractivity contribution in [3.8, 4) is 0 Å². The van der Waals surface area contributed by atoms with E-state index in [0.717, 1.165) is 31.6 Å². The summed E-state index contributed by atoms with van der Waals surface area (Å²) in [5.41, 5.74) is 0.253. The van der Waals surface area contributed by atoms with Gasteiger partial charge >= 0.3 is 0 Å². The normalized spacial score (nSPS) is 25.5. The minimum absolute atomic E-state index is 0.00631. The van der Waals surface area contributed by atoms with Gasteiger partial charge in [0.25, 0.3) is 5.91 Å². The molecule has 178 valence electrons. The van der Waals surface area contributed by atoms with Gasteiger partial charge in [-0.1, -0.05) is 19.3 Å². The average Bonchev–Trinajstić information content (AvgIpc) is 3.12. The summed E-state index contributed by atoms with van der Waals surface area (Å²) in [4.78, 5) is 40.2. The molecule has 1 unspecified atom stereocenters. The number of amides is 3. The Labute approximate surface area is 192 Å². The smallest absolute Gasteiger partial charge is 0.255 e. The van der Waals surface area contributed by atoms with Gasteiger partial charge in [0.05, 0.1) is 12.1 Å². The number of nitrogens with one attached hydrogen (secondary N) is 1. The van der Waals surface area contributed by atoms with Gasteiger partial charge in [-0.2, -0.15) is 0 Å². The lowest BCUT2D eigenvalue weighted by Gasteiger charge is -2.35. The predicted molar refractivity (Wildman–Crippen MR) is 117 cm³/mol. The van der Waals surface area contributed by atoms with Crippen LogP contribution in [-0.4, -0.2) is 53.2 Å². The molecule has 1 saturated carbocycles. The van der Waals surface area contributed by atoms with Crippen molar-refractivity contribution in [2.75, 3.05) is 19.6 Å². The Morgan fingerprint density at radius 3 is 2.39 bits per heavy atom. The third-order valence-corrected chi connectivity index (χ3v) is 8.00. The summed E-state index contributed by atoms with van der Waals surface area (Å²) >= 11 is 0. The highest BCUT2D eigenvalue weighted by Gasteiger charge is 2.42. The Hall–Kier alpha value is -2.35. The summed E-state index contributed by atoms with van der Waals surface area (Å²) in [6.45, 7) is 2.67. The molecular formula is C25H31F2N3O3. The minimum atomic E-state index is -0.837. The van der Waals surface area contributed by atoms with E-state index >= 15 is 8.78 Å². The van der Waals surface area contributed by atoms with Crippen molar-refractivity contribution in [3.05, 3.63) is 34.4 Å². The van der Waals surface area contributed by atoms with E-state index in [2.05, 4.69) is 10.2 Å². The maximum absolute atomic E-state index is 15.6. The minimum Gasteiger partial charge on any atom is -0.322 e. The van der Waals surface area contributed by atoms with E-state index in [1.807, 2.05) is 0 Å². The molecule has 3 amide bonds. The zero-order valence-electron chi connectivity index (χ0n) is 18.9. The largest absolute Gasteiger partial charge is 0.322 e. The van der Waals surface area contributed by atoms with E-state index in [1.165, 1.54) is 37.0 Å². The van der Waals surface area contributed by atoms with Crippen LogP contribution in [0.3, 0.4) is 0 Å². The maximum Gasteiger partial charge on any atom is 0.255 e. The number of hydrogen-bond donors (Lipinski definition) is 1. The fourth-order valence-electron chi connectivity index (χ4n) is 6.16. The number of nitrogens with zero attached hydrogens (tertiary/aromatic N) is 2. The van der Waals surface area contributed by atoms with E-state index in [1.54, 1.807) is 0 Å². The van der Waals surface area contributed by atoms with E-state index in [-0.39, 0.29) is 47.9 Å². The van der Waals surface area contributed by atoms with Gasteiger partial charge in [-0.05, 0) is 63.1 Å². The lowest BCUT2D eigenvalue weighted by Crippen LogP contribution is -2.52. The fourth-order valence-corrected chi connectivity index (χ4v) is 6.16. The first-order valence-electron chi connectivity index (χ1n) is 12.3. The van der Waals surface area contributed by atoms with E-state index in [9.17, 15) is 14.4 Å². The Morgan fingerprint density at radius 2 is 1.70 bits per heavy atom. The average molecular weight is 460 g/mol. The second-order valence-corrected chi connectivity index (χ2v) is 10.1. The Bertz CT molecular complexity index is 968. The molecule has 5 rings (SSSR count). The second-order valence-electron chi connectivity index (χ2n) is 10.1. The molecule has 2 saturated heterocycles. The molecule has 8 heteroatoms. The Morgan fingerprint density at radius 1 is 0.970 bits per heavy atom. The van der Waals surface area contributed by atoms with Crippen molar-refractivity contribution in [3.63, 3.8) is 0 Å². The first-order valence-corrected chi connectivity index (χ1v) is 12.3. The van der Waals surface area contributed by atoms with Crippen molar-refractivity contribution < 1.29 is 23.2 Å². The van der Waals surface area contributed by atoms with Gasteiger partial charge in [0.15, 0.2) is 0 Å². The zero-order valence-corrected chi connectivity index (χ0v) is 18.9. The van der Waals surface area contributed by atoms with Crippen molar-refractivity contribution >= 4 is 17.7 Å². The summed E-state index contributed by atoms with van der Waals surface area (Å²) in [5, 5.41) is 2.23. The molecule has 1 atom stereocenters. The van der Waals surface area contributed by atoms with Crippen molar-refractivity contribution in [2.45, 2.75) is 76.3 Å². The van der Waals surface area contributed by atoms with Gasteiger partial charge in [-0.25, -0.2) is 8.78 Å². The van der Waals surface area contributed by atoms with E-state index < -0.39 is 29.5 Å². The number of rotatable bonds is 4. The molecule has 33 heavy (non-hydrogen) atoms. The molecule has 4 aliphatic rings. The monoisotopic (exact) mass is 459 g/mol. The van der Waals surface area contributed by atoms with Crippen LogP contribution in [0.1, 0.15) is 85.2 Å². The number of imide groups is 1. The van der Waals surface area contributed by atoms with Crippen molar-refractivity contribution in [1.82, 2.24) is 15.1 Å². The fraction of sp³-hybridized carbons (Fsp3) is 0.640. The van der Waals surface area contributed by atoms with Gasteiger partial charge in [0.2, 0.25) is 11.8 Å². The number of carbonyl (C=O) groups is 3. The Balaban J connectivity index is 1.29. The molecule has 3 fully saturated rings. The van der Waals surface area contributed by atoms with Gasteiger partial charge in [0, 0.05) is 24.1 Å². The number of likely N-dealkylation sites (tertiary alicyclic amines) is 1. The van der Waals surface area contributed by atoms with Gasteiger partial charge in [-0.15, -0.1) is 0 Å². The molecule has 3 aliphatic heterocycles. The van der Waals surface area contributed by atoms with Crippen LogP contribution in [-0.2, 0) is 16.1 Å². The molecule has 0 radical (unpaired) electrons. The van der Waals surface area contributed by atoms with Gasteiger partial charge in [-0.3, -0.25) is 19.7 Å². The standard InChI is InChI=1S/C25H31F2N3O3/c26-19-12-17-18(14-30(25(17)33)20-6-7-21(31)28-24(20)32)23(27)22(19)16-8-10-29(11-9-16)13-15-4-2-1-3-5-15/h12,15-16,20H,1-11,13-14H2,(H,28,31,32). The Kier molecular flexibility index (Phi) is 6.20. The van der Waals surface area contributed by atoms with Crippen molar-refractivity contribution in [2.24, 2.45) is 5.92 Å². The number of benzene rings is 1. The SMILES string of the molecule is O=C1CCC(N2Cc3c(cc(F)c(C4CCN(CC5CCCCC5)CC4)c3F)C2=O)C(=O)N1. The summed E-state index contributed by atoms with van der Waals surface area (Å²) < 4.78 is 30.7. The van der Waals surface area contributed by atoms with Crippen LogP contribution in [0.5, 0.6) is 0 Å². The third-order valence-electron chi connectivity index (χ3n) is 8.00.